The van der Waals surface area contributed by atoms with E-state index in [-0.39, 0.29) is 0 Å². The maximum Gasteiger partial charge on any atom is 0.0545 e. The van der Waals surface area contributed by atoms with E-state index < -0.39 is 0 Å². The van der Waals surface area contributed by atoms with Gasteiger partial charge in [0.25, 0.3) is 0 Å². The fraction of sp³-hybridized carbons (Fsp3) is 0.500. The number of halogens is 1. The molecular weight excluding hydrogens is 226 g/mol. The maximum absolute atomic E-state index is 6.20. The monoisotopic (exact) mass is 243 g/mol. The summed E-state index contributed by atoms with van der Waals surface area (Å²) in [4.78, 5) is 1.17. The molecule has 0 saturated heterocycles. The van der Waals surface area contributed by atoms with Crippen LogP contribution in [0.3, 0.4) is 0 Å². The van der Waals surface area contributed by atoms with Crippen LogP contribution in [0.2, 0.25) is 5.02 Å². The second-order valence-corrected chi connectivity index (χ2v) is 5.74. The molecule has 0 aliphatic rings. The van der Waals surface area contributed by atoms with E-state index in [1.165, 1.54) is 10.5 Å². The molecule has 0 aliphatic heterocycles. The van der Waals surface area contributed by atoms with E-state index in [0.29, 0.717) is 5.25 Å². The van der Waals surface area contributed by atoms with Gasteiger partial charge >= 0.3 is 0 Å². The lowest BCUT2D eigenvalue weighted by molar-refractivity contribution is 0.726. The summed E-state index contributed by atoms with van der Waals surface area (Å²) in [5, 5.41) is 4.72. The zero-order chi connectivity index (χ0) is 11.3. The Labute approximate surface area is 102 Å². The topological polar surface area (TPSA) is 12.0 Å². The molecule has 1 aromatic carbocycles. The largest absolute Gasteiger partial charge is 0.313 e. The summed E-state index contributed by atoms with van der Waals surface area (Å²) >= 11 is 8.01. The highest BCUT2D eigenvalue weighted by Crippen LogP contribution is 2.30. The van der Waals surface area contributed by atoms with Gasteiger partial charge in [-0.25, -0.2) is 0 Å². The van der Waals surface area contributed by atoms with Crippen molar-refractivity contribution in [1.82, 2.24) is 5.32 Å². The molecule has 84 valence electrons. The number of nitrogens with one attached hydrogen (secondary N) is 1. The molecule has 1 nitrogen and oxygen atoms in total. The summed E-state index contributed by atoms with van der Waals surface area (Å²) in [5.41, 5.74) is 1.25. The van der Waals surface area contributed by atoms with Crippen LogP contribution < -0.4 is 5.32 Å². The third-order valence-corrected chi connectivity index (χ3v) is 3.44. The van der Waals surface area contributed by atoms with Crippen LogP contribution in [0.4, 0.5) is 0 Å². The van der Waals surface area contributed by atoms with Crippen molar-refractivity contribution >= 4 is 23.4 Å². The van der Waals surface area contributed by atoms with Crippen LogP contribution in [-0.4, -0.2) is 11.8 Å². The minimum absolute atomic E-state index is 0.571. The van der Waals surface area contributed by atoms with Crippen molar-refractivity contribution in [2.75, 3.05) is 6.54 Å². The number of rotatable bonds is 5. The molecule has 0 unspecified atom stereocenters. The Morgan fingerprint density at radius 3 is 2.67 bits per heavy atom. The van der Waals surface area contributed by atoms with Gasteiger partial charge in [0.2, 0.25) is 0 Å². The van der Waals surface area contributed by atoms with Crippen LogP contribution in [0.25, 0.3) is 0 Å². The summed E-state index contributed by atoms with van der Waals surface area (Å²) in [7, 11) is 0. The van der Waals surface area contributed by atoms with Gasteiger partial charge in [0.1, 0.15) is 0 Å². The molecule has 1 rings (SSSR count). The molecular formula is C12H18ClNS. The summed E-state index contributed by atoms with van der Waals surface area (Å²) in [6.45, 7) is 8.33. The summed E-state index contributed by atoms with van der Waals surface area (Å²) in [6.07, 6.45) is 0. The van der Waals surface area contributed by atoms with Crippen LogP contribution in [0.1, 0.15) is 26.3 Å². The number of hydrogen-bond acceptors (Lipinski definition) is 2. The fourth-order valence-electron chi connectivity index (χ4n) is 1.27. The Balaban J connectivity index is 2.70. The normalized spacial score (nSPS) is 11.0. The fourth-order valence-corrected chi connectivity index (χ4v) is 2.44. The van der Waals surface area contributed by atoms with Crippen molar-refractivity contribution in [1.29, 1.82) is 0 Å². The molecule has 0 saturated carbocycles. The predicted octanol–water partition coefficient (Wildman–Crippen LogP) is 3.95. The van der Waals surface area contributed by atoms with Crippen molar-refractivity contribution in [2.45, 2.75) is 37.5 Å². The zero-order valence-corrected chi connectivity index (χ0v) is 11.1. The van der Waals surface area contributed by atoms with E-state index in [9.17, 15) is 0 Å². The van der Waals surface area contributed by atoms with E-state index >= 15 is 0 Å². The first-order valence-electron chi connectivity index (χ1n) is 5.29. The molecule has 0 amide bonds. The van der Waals surface area contributed by atoms with E-state index in [1.807, 2.05) is 0 Å². The maximum atomic E-state index is 6.20. The SMILES string of the molecule is CCNCc1ccc(SC(C)C)c(Cl)c1. The third-order valence-electron chi connectivity index (χ3n) is 1.94. The average molecular weight is 244 g/mol. The quantitative estimate of drug-likeness (QED) is 0.786. The summed E-state index contributed by atoms with van der Waals surface area (Å²) in [5.74, 6) is 0. The van der Waals surface area contributed by atoms with Crippen LogP contribution in [0.15, 0.2) is 23.1 Å². The first kappa shape index (κ1) is 12.9. The molecule has 0 atom stereocenters. The van der Waals surface area contributed by atoms with Crippen molar-refractivity contribution in [3.05, 3.63) is 28.8 Å². The molecule has 0 heterocycles. The van der Waals surface area contributed by atoms with Crippen LogP contribution in [0.5, 0.6) is 0 Å². The van der Waals surface area contributed by atoms with Gasteiger partial charge in [-0.1, -0.05) is 38.4 Å². The van der Waals surface area contributed by atoms with Gasteiger partial charge in [0.05, 0.1) is 5.02 Å². The third kappa shape index (κ3) is 4.45. The first-order chi connectivity index (χ1) is 7.13. The van der Waals surface area contributed by atoms with E-state index in [1.54, 1.807) is 11.8 Å². The molecule has 0 aromatic heterocycles. The molecule has 0 fully saturated rings. The Bertz CT molecular complexity index is 312. The second-order valence-electron chi connectivity index (χ2n) is 3.71. The highest BCUT2D eigenvalue weighted by atomic mass is 35.5. The van der Waals surface area contributed by atoms with Gasteiger partial charge in [-0.05, 0) is 24.2 Å². The van der Waals surface area contributed by atoms with Crippen molar-refractivity contribution < 1.29 is 0 Å². The van der Waals surface area contributed by atoms with Gasteiger partial charge in [-0.2, -0.15) is 0 Å². The molecule has 3 heteroatoms. The Hall–Kier alpha value is -0.180. The first-order valence-corrected chi connectivity index (χ1v) is 6.55. The number of hydrogen-bond donors (Lipinski definition) is 1. The molecule has 0 spiro atoms. The van der Waals surface area contributed by atoms with Gasteiger partial charge in [0, 0.05) is 16.7 Å². The smallest absolute Gasteiger partial charge is 0.0545 e. The zero-order valence-electron chi connectivity index (χ0n) is 9.51. The summed E-state index contributed by atoms with van der Waals surface area (Å²) < 4.78 is 0. The van der Waals surface area contributed by atoms with Crippen molar-refractivity contribution in [3.63, 3.8) is 0 Å². The number of thioether (sulfide) groups is 1. The van der Waals surface area contributed by atoms with E-state index in [2.05, 4.69) is 44.3 Å². The summed E-state index contributed by atoms with van der Waals surface area (Å²) in [6, 6.07) is 6.30. The molecule has 1 aromatic rings. The van der Waals surface area contributed by atoms with E-state index in [0.717, 1.165) is 18.1 Å². The number of benzene rings is 1. The lowest BCUT2D eigenvalue weighted by Crippen LogP contribution is -2.11. The van der Waals surface area contributed by atoms with Crippen LogP contribution in [-0.2, 0) is 6.54 Å². The standard InChI is InChI=1S/C12H18ClNS/c1-4-14-8-10-5-6-12(11(13)7-10)15-9(2)3/h5-7,9,14H,4,8H2,1-3H3. The molecule has 1 N–H and O–H groups in total. The minimum atomic E-state index is 0.571. The molecule has 0 radical (unpaired) electrons. The van der Waals surface area contributed by atoms with Crippen LogP contribution in [0, 0.1) is 0 Å². The van der Waals surface area contributed by atoms with Crippen molar-refractivity contribution in [3.8, 4) is 0 Å². The van der Waals surface area contributed by atoms with Gasteiger partial charge in [0.15, 0.2) is 0 Å². The second kappa shape index (κ2) is 6.41. The van der Waals surface area contributed by atoms with E-state index in [4.69, 9.17) is 11.6 Å². The molecule has 0 aliphatic carbocycles. The Kier molecular flexibility index (Phi) is 5.51. The highest BCUT2D eigenvalue weighted by molar-refractivity contribution is 8.00. The van der Waals surface area contributed by atoms with Gasteiger partial charge < -0.3 is 5.32 Å². The lowest BCUT2D eigenvalue weighted by Gasteiger charge is -2.09. The Morgan fingerprint density at radius 2 is 2.13 bits per heavy atom. The lowest BCUT2D eigenvalue weighted by atomic mass is 10.2. The average Bonchev–Trinajstić information content (AvgIpc) is 2.18. The molecule has 0 bridgehead atoms. The minimum Gasteiger partial charge on any atom is -0.313 e. The van der Waals surface area contributed by atoms with Gasteiger partial charge in [-0.3, -0.25) is 0 Å². The van der Waals surface area contributed by atoms with Crippen molar-refractivity contribution in [2.24, 2.45) is 0 Å². The van der Waals surface area contributed by atoms with Gasteiger partial charge in [-0.15, -0.1) is 11.8 Å². The molecule has 15 heavy (non-hydrogen) atoms. The predicted molar refractivity (Wildman–Crippen MR) is 69.8 cm³/mol. The highest BCUT2D eigenvalue weighted by Gasteiger charge is 2.04. The Morgan fingerprint density at radius 1 is 1.40 bits per heavy atom. The van der Waals surface area contributed by atoms with Crippen LogP contribution >= 0.6 is 23.4 Å².